The van der Waals surface area contributed by atoms with E-state index in [1.165, 1.54) is 5.56 Å². The summed E-state index contributed by atoms with van der Waals surface area (Å²) in [7, 11) is 0. The molecule has 2 N–H and O–H groups in total. The van der Waals surface area contributed by atoms with Crippen molar-refractivity contribution in [3.63, 3.8) is 0 Å². The second-order valence-corrected chi connectivity index (χ2v) is 8.54. The first-order valence-electron chi connectivity index (χ1n) is 9.44. The van der Waals surface area contributed by atoms with Crippen molar-refractivity contribution in [2.75, 3.05) is 13.1 Å². The number of hydrogen-bond acceptors (Lipinski definition) is 4. The second-order valence-electron chi connectivity index (χ2n) is 8.11. The number of nitrogens with zero attached hydrogens (tertiary/aromatic N) is 3. The number of nitrogens with one attached hydrogen (secondary N) is 2. The summed E-state index contributed by atoms with van der Waals surface area (Å²) >= 11 is 6.16. The zero-order chi connectivity index (χ0) is 19.5. The third-order valence-electron chi connectivity index (χ3n) is 4.72. The lowest BCUT2D eigenvalue weighted by atomic mass is 9.96. The summed E-state index contributed by atoms with van der Waals surface area (Å²) in [6, 6.07) is 8.14. The van der Waals surface area contributed by atoms with E-state index in [1.54, 1.807) is 0 Å². The molecule has 146 valence electrons. The van der Waals surface area contributed by atoms with Gasteiger partial charge in [0.25, 0.3) is 0 Å². The van der Waals surface area contributed by atoms with Gasteiger partial charge in [0.2, 0.25) is 5.89 Å². The average Bonchev–Trinajstić information content (AvgIpc) is 3.25. The van der Waals surface area contributed by atoms with Crippen molar-refractivity contribution in [2.45, 2.75) is 57.9 Å². The first-order chi connectivity index (χ1) is 12.8. The lowest BCUT2D eigenvalue weighted by Gasteiger charge is -2.19. The van der Waals surface area contributed by atoms with Crippen LogP contribution in [0.5, 0.6) is 0 Å². The Bertz CT molecular complexity index is 805. The maximum absolute atomic E-state index is 6.16. The lowest BCUT2D eigenvalue weighted by Crippen LogP contribution is -2.41. The molecule has 27 heavy (non-hydrogen) atoms. The molecule has 1 saturated carbocycles. The molecule has 6 nitrogen and oxygen atoms in total. The van der Waals surface area contributed by atoms with Crippen LogP contribution in [-0.2, 0) is 17.4 Å². The van der Waals surface area contributed by atoms with E-state index in [0.717, 1.165) is 36.9 Å². The minimum atomic E-state index is -0.160. The summed E-state index contributed by atoms with van der Waals surface area (Å²) in [5, 5.41) is 11.6. The van der Waals surface area contributed by atoms with Crippen LogP contribution in [0.1, 0.15) is 57.8 Å². The van der Waals surface area contributed by atoms with E-state index in [2.05, 4.69) is 37.9 Å². The van der Waals surface area contributed by atoms with Gasteiger partial charge in [0, 0.05) is 28.9 Å². The monoisotopic (exact) mass is 389 g/mol. The van der Waals surface area contributed by atoms with Gasteiger partial charge in [-0.1, -0.05) is 49.7 Å². The Morgan fingerprint density at radius 2 is 2.07 bits per heavy atom. The topological polar surface area (TPSA) is 75.3 Å². The lowest BCUT2D eigenvalue weighted by molar-refractivity contribution is 0.318. The van der Waals surface area contributed by atoms with Gasteiger partial charge in [0.15, 0.2) is 11.8 Å². The van der Waals surface area contributed by atoms with Crippen LogP contribution in [0.15, 0.2) is 33.8 Å². The molecule has 0 atom stereocenters. The van der Waals surface area contributed by atoms with Crippen LogP contribution in [0, 0.1) is 0 Å². The predicted molar refractivity (Wildman–Crippen MR) is 108 cm³/mol. The van der Waals surface area contributed by atoms with Gasteiger partial charge in [-0.3, -0.25) is 0 Å². The maximum atomic E-state index is 6.16. The molecular weight excluding hydrogens is 362 g/mol. The van der Waals surface area contributed by atoms with E-state index in [1.807, 2.05) is 39.8 Å². The van der Waals surface area contributed by atoms with Crippen LogP contribution in [0.4, 0.5) is 0 Å². The SMILES string of the molecule is CCNC(=NCc1noc(C(C)(C)C)n1)NCC1(c2cccc(Cl)c2)CC1. The molecule has 0 radical (unpaired) electrons. The molecule has 0 aliphatic heterocycles. The normalized spacial score (nSPS) is 16.3. The summed E-state index contributed by atoms with van der Waals surface area (Å²) in [4.78, 5) is 9.04. The summed E-state index contributed by atoms with van der Waals surface area (Å²) in [5.41, 5.74) is 1.27. The molecule has 0 amide bonds. The van der Waals surface area contributed by atoms with Crippen molar-refractivity contribution >= 4 is 17.6 Å². The van der Waals surface area contributed by atoms with Gasteiger partial charge < -0.3 is 15.2 Å². The second kappa shape index (κ2) is 7.89. The van der Waals surface area contributed by atoms with Crippen molar-refractivity contribution in [1.82, 2.24) is 20.8 Å². The Balaban J connectivity index is 1.64. The maximum Gasteiger partial charge on any atom is 0.232 e. The van der Waals surface area contributed by atoms with E-state index < -0.39 is 0 Å². The number of aliphatic imine (C=N–C) groups is 1. The third kappa shape index (κ3) is 5.01. The van der Waals surface area contributed by atoms with Gasteiger partial charge in [0.05, 0.1) is 0 Å². The van der Waals surface area contributed by atoms with Crippen LogP contribution < -0.4 is 10.6 Å². The molecule has 1 aliphatic carbocycles. The van der Waals surface area contributed by atoms with Gasteiger partial charge >= 0.3 is 0 Å². The van der Waals surface area contributed by atoms with Crippen molar-refractivity contribution < 1.29 is 4.52 Å². The Hall–Kier alpha value is -2.08. The van der Waals surface area contributed by atoms with E-state index in [9.17, 15) is 0 Å². The molecule has 0 spiro atoms. The molecule has 1 fully saturated rings. The molecule has 1 aromatic carbocycles. The number of guanidine groups is 1. The van der Waals surface area contributed by atoms with Gasteiger partial charge in [0.1, 0.15) is 6.54 Å². The Morgan fingerprint density at radius 1 is 1.30 bits per heavy atom. The quantitative estimate of drug-likeness (QED) is 0.580. The largest absolute Gasteiger partial charge is 0.357 e. The van der Waals surface area contributed by atoms with Crippen molar-refractivity contribution in [3.05, 3.63) is 46.6 Å². The molecule has 1 aromatic heterocycles. The smallest absolute Gasteiger partial charge is 0.232 e. The minimum Gasteiger partial charge on any atom is -0.357 e. The number of benzene rings is 1. The summed E-state index contributed by atoms with van der Waals surface area (Å²) in [6.45, 7) is 10.2. The molecule has 0 saturated heterocycles. The Morgan fingerprint density at radius 3 is 2.67 bits per heavy atom. The number of hydrogen-bond donors (Lipinski definition) is 2. The van der Waals surface area contributed by atoms with E-state index >= 15 is 0 Å². The zero-order valence-corrected chi connectivity index (χ0v) is 17.2. The van der Waals surface area contributed by atoms with Crippen molar-refractivity contribution in [1.29, 1.82) is 0 Å². The highest BCUT2D eigenvalue weighted by Gasteiger charge is 2.44. The minimum absolute atomic E-state index is 0.145. The van der Waals surface area contributed by atoms with E-state index in [4.69, 9.17) is 16.1 Å². The van der Waals surface area contributed by atoms with Crippen molar-refractivity contribution in [2.24, 2.45) is 4.99 Å². The van der Waals surface area contributed by atoms with E-state index in [-0.39, 0.29) is 10.8 Å². The standard InChI is InChI=1S/C20H28ClN5O/c1-5-22-18(23-12-16-25-17(27-26-16)19(2,3)4)24-13-20(9-10-20)14-7-6-8-15(21)11-14/h6-8,11H,5,9-10,12-13H2,1-4H3,(H2,22,23,24). The van der Waals surface area contributed by atoms with Gasteiger partial charge in [-0.25, -0.2) is 4.99 Å². The fourth-order valence-corrected chi connectivity index (χ4v) is 3.09. The molecular formula is C20H28ClN5O. The Labute approximate surface area is 165 Å². The Kier molecular flexibility index (Phi) is 5.75. The molecule has 3 rings (SSSR count). The van der Waals surface area contributed by atoms with Crippen LogP contribution in [0.25, 0.3) is 0 Å². The fraction of sp³-hybridized carbons (Fsp3) is 0.550. The highest BCUT2D eigenvalue weighted by atomic mass is 35.5. The number of aromatic nitrogens is 2. The summed E-state index contributed by atoms with van der Waals surface area (Å²) in [6.07, 6.45) is 2.30. The number of rotatable bonds is 6. The van der Waals surface area contributed by atoms with Gasteiger partial charge in [-0.05, 0) is 37.5 Å². The summed E-state index contributed by atoms with van der Waals surface area (Å²) < 4.78 is 5.33. The fourth-order valence-electron chi connectivity index (χ4n) is 2.90. The molecule has 0 bridgehead atoms. The van der Waals surface area contributed by atoms with E-state index in [0.29, 0.717) is 18.3 Å². The average molecular weight is 390 g/mol. The highest BCUT2D eigenvalue weighted by Crippen LogP contribution is 2.48. The predicted octanol–water partition coefficient (Wildman–Crippen LogP) is 3.81. The zero-order valence-electron chi connectivity index (χ0n) is 16.5. The van der Waals surface area contributed by atoms with Gasteiger partial charge in [-0.2, -0.15) is 4.98 Å². The molecule has 2 aromatic rings. The summed E-state index contributed by atoms with van der Waals surface area (Å²) in [5.74, 6) is 1.98. The molecule has 1 aliphatic rings. The number of halogens is 1. The van der Waals surface area contributed by atoms with Crippen LogP contribution in [-0.4, -0.2) is 29.2 Å². The van der Waals surface area contributed by atoms with Gasteiger partial charge in [-0.15, -0.1) is 0 Å². The van der Waals surface area contributed by atoms with Crippen LogP contribution >= 0.6 is 11.6 Å². The van der Waals surface area contributed by atoms with Crippen LogP contribution in [0.2, 0.25) is 5.02 Å². The molecule has 1 heterocycles. The molecule has 7 heteroatoms. The highest BCUT2D eigenvalue weighted by molar-refractivity contribution is 6.30. The van der Waals surface area contributed by atoms with Crippen molar-refractivity contribution in [3.8, 4) is 0 Å². The molecule has 0 unspecified atom stereocenters. The van der Waals surface area contributed by atoms with Crippen LogP contribution in [0.3, 0.4) is 0 Å². The first-order valence-corrected chi connectivity index (χ1v) is 9.81. The third-order valence-corrected chi connectivity index (χ3v) is 4.95. The first kappa shape index (κ1) is 19.7.